The number of benzene rings is 2. The number of carboxylic acids is 1. The summed E-state index contributed by atoms with van der Waals surface area (Å²) in [5.41, 5.74) is 1.62. The third kappa shape index (κ3) is 6.66. The van der Waals surface area contributed by atoms with Crippen molar-refractivity contribution in [3.05, 3.63) is 61.6 Å². The lowest BCUT2D eigenvalue weighted by Crippen LogP contribution is -2.46. The average Bonchev–Trinajstić information content (AvgIpc) is 3.16. The van der Waals surface area contributed by atoms with Gasteiger partial charge in [-0.25, -0.2) is 4.79 Å². The summed E-state index contributed by atoms with van der Waals surface area (Å²) in [7, 11) is 0. The Kier molecular flexibility index (Phi) is 9.28. The Labute approximate surface area is 237 Å². The van der Waals surface area contributed by atoms with Gasteiger partial charge in [-0.2, -0.15) is 0 Å². The maximum atomic E-state index is 13.0. The van der Waals surface area contributed by atoms with Crippen molar-refractivity contribution in [2.75, 3.05) is 39.5 Å². The number of ether oxygens (including phenoxy) is 3. The number of hydrogen-bond acceptors (Lipinski definition) is 8. The van der Waals surface area contributed by atoms with Crippen molar-refractivity contribution in [2.45, 2.75) is 13.5 Å². The third-order valence-electron chi connectivity index (χ3n) is 5.74. The van der Waals surface area contributed by atoms with Gasteiger partial charge in [-0.1, -0.05) is 12.1 Å². The Morgan fingerprint density at radius 3 is 2.50 bits per heavy atom. The average molecular weight is 652 g/mol. The van der Waals surface area contributed by atoms with Gasteiger partial charge < -0.3 is 24.2 Å². The van der Waals surface area contributed by atoms with E-state index in [-0.39, 0.29) is 29.5 Å². The molecule has 2 aliphatic heterocycles. The SMILES string of the molecule is CCOc1cc(/C=C2/SC(=O)N(CC(=O)N3CCOCC3)C2=O)cc(I)c1OCc1ccc(C(=O)O)cc1. The van der Waals surface area contributed by atoms with E-state index in [0.29, 0.717) is 50.0 Å². The number of amides is 3. The largest absolute Gasteiger partial charge is 0.490 e. The van der Waals surface area contributed by atoms with E-state index >= 15 is 0 Å². The predicted molar refractivity (Wildman–Crippen MR) is 148 cm³/mol. The summed E-state index contributed by atoms with van der Waals surface area (Å²) in [5, 5.41) is 8.57. The van der Waals surface area contributed by atoms with E-state index in [1.165, 1.54) is 12.1 Å². The maximum Gasteiger partial charge on any atom is 0.335 e. The van der Waals surface area contributed by atoms with E-state index in [4.69, 9.17) is 19.3 Å². The van der Waals surface area contributed by atoms with Crippen LogP contribution in [0.4, 0.5) is 4.79 Å². The highest BCUT2D eigenvalue weighted by Crippen LogP contribution is 2.38. The van der Waals surface area contributed by atoms with E-state index in [1.54, 1.807) is 35.2 Å². The molecule has 200 valence electrons. The van der Waals surface area contributed by atoms with E-state index in [9.17, 15) is 19.2 Å². The van der Waals surface area contributed by atoms with Gasteiger partial charge in [0.25, 0.3) is 11.1 Å². The quantitative estimate of drug-likeness (QED) is 0.318. The Morgan fingerprint density at radius 2 is 1.84 bits per heavy atom. The number of hydrogen-bond donors (Lipinski definition) is 1. The van der Waals surface area contributed by atoms with Gasteiger partial charge in [0.15, 0.2) is 11.5 Å². The van der Waals surface area contributed by atoms with Crippen molar-refractivity contribution in [3.63, 3.8) is 0 Å². The minimum Gasteiger partial charge on any atom is -0.490 e. The molecule has 0 spiro atoms. The van der Waals surface area contributed by atoms with Gasteiger partial charge in [0.1, 0.15) is 13.2 Å². The molecule has 0 saturated carbocycles. The number of carboxylic acid groups (broad SMARTS) is 1. The maximum absolute atomic E-state index is 13.0. The van der Waals surface area contributed by atoms with Gasteiger partial charge >= 0.3 is 5.97 Å². The molecule has 3 amide bonds. The number of rotatable bonds is 9. The minimum atomic E-state index is -0.997. The van der Waals surface area contributed by atoms with Gasteiger partial charge in [0.2, 0.25) is 5.91 Å². The summed E-state index contributed by atoms with van der Waals surface area (Å²) in [6, 6.07) is 9.93. The van der Waals surface area contributed by atoms with E-state index in [2.05, 4.69) is 22.6 Å². The standard InChI is InChI=1S/C26H25IN2O8S/c1-2-36-20-12-17(11-19(27)23(20)37-15-16-3-5-18(6-4-16)25(32)33)13-21-24(31)29(26(34)38-21)14-22(30)28-7-9-35-10-8-28/h3-6,11-13H,2,7-10,14-15H2,1H3,(H,32,33)/b21-13+. The highest BCUT2D eigenvalue weighted by molar-refractivity contribution is 14.1. The van der Waals surface area contributed by atoms with Crippen molar-refractivity contribution in [3.8, 4) is 11.5 Å². The summed E-state index contributed by atoms with van der Waals surface area (Å²) >= 11 is 2.90. The second kappa shape index (κ2) is 12.6. The Bertz CT molecular complexity index is 1270. The van der Waals surface area contributed by atoms with Crippen LogP contribution in [-0.4, -0.2) is 77.4 Å². The Hall–Kier alpha value is -3.10. The Balaban J connectivity index is 1.49. The van der Waals surface area contributed by atoms with Crippen LogP contribution in [0.3, 0.4) is 0 Å². The minimum absolute atomic E-state index is 0.192. The zero-order valence-electron chi connectivity index (χ0n) is 20.5. The molecule has 0 unspecified atom stereocenters. The number of morpholine rings is 1. The molecule has 0 radical (unpaired) electrons. The summed E-state index contributed by atoms with van der Waals surface area (Å²) in [6.07, 6.45) is 1.60. The summed E-state index contributed by atoms with van der Waals surface area (Å²) < 4.78 is 17.8. The molecule has 4 rings (SSSR count). The highest BCUT2D eigenvalue weighted by Gasteiger charge is 2.37. The van der Waals surface area contributed by atoms with Crippen LogP contribution in [0, 0.1) is 3.57 Å². The van der Waals surface area contributed by atoms with Crippen molar-refractivity contribution in [1.29, 1.82) is 0 Å². The normalized spacial score (nSPS) is 16.7. The fraction of sp³-hybridized carbons (Fsp3) is 0.308. The number of aromatic carboxylic acids is 1. The number of thioether (sulfide) groups is 1. The van der Waals surface area contributed by atoms with Crippen LogP contribution in [-0.2, 0) is 20.9 Å². The summed E-state index contributed by atoms with van der Waals surface area (Å²) in [5.74, 6) is -0.822. The van der Waals surface area contributed by atoms with Crippen LogP contribution in [0.25, 0.3) is 6.08 Å². The molecule has 12 heteroatoms. The molecule has 0 atom stereocenters. The van der Waals surface area contributed by atoms with E-state index in [0.717, 1.165) is 25.8 Å². The van der Waals surface area contributed by atoms with Crippen LogP contribution in [0.15, 0.2) is 41.3 Å². The molecule has 0 aromatic heterocycles. The first-order valence-electron chi connectivity index (χ1n) is 11.8. The van der Waals surface area contributed by atoms with Gasteiger partial charge in [-0.15, -0.1) is 0 Å². The smallest absolute Gasteiger partial charge is 0.335 e. The van der Waals surface area contributed by atoms with Crippen LogP contribution in [0.1, 0.15) is 28.4 Å². The lowest BCUT2D eigenvalue weighted by atomic mass is 10.1. The molecule has 2 fully saturated rings. The fourth-order valence-electron chi connectivity index (χ4n) is 3.81. The molecule has 0 aliphatic carbocycles. The highest BCUT2D eigenvalue weighted by atomic mass is 127. The Morgan fingerprint density at radius 1 is 1.13 bits per heavy atom. The lowest BCUT2D eigenvalue weighted by molar-refractivity contribution is -0.139. The summed E-state index contributed by atoms with van der Waals surface area (Å²) in [6.45, 7) is 3.86. The molecule has 2 aromatic carbocycles. The van der Waals surface area contributed by atoms with Gasteiger partial charge in [0, 0.05) is 13.1 Å². The molecular weight excluding hydrogens is 627 g/mol. The number of nitrogens with zero attached hydrogens (tertiary/aromatic N) is 2. The fourth-order valence-corrected chi connectivity index (χ4v) is 5.43. The van der Waals surface area contributed by atoms with Crippen molar-refractivity contribution < 1.29 is 38.5 Å². The molecule has 38 heavy (non-hydrogen) atoms. The number of halogens is 1. The molecule has 2 aliphatic rings. The second-order valence-corrected chi connectivity index (χ2v) is 10.5. The monoisotopic (exact) mass is 652 g/mol. The number of carbonyl (C=O) groups is 4. The first kappa shape index (κ1) is 27.9. The lowest BCUT2D eigenvalue weighted by Gasteiger charge is -2.28. The number of carbonyl (C=O) groups excluding carboxylic acids is 3. The zero-order valence-corrected chi connectivity index (χ0v) is 23.5. The zero-order chi connectivity index (χ0) is 27.2. The van der Waals surface area contributed by atoms with E-state index < -0.39 is 17.1 Å². The molecule has 0 bridgehead atoms. The number of imide groups is 1. The predicted octanol–water partition coefficient (Wildman–Crippen LogP) is 3.86. The summed E-state index contributed by atoms with van der Waals surface area (Å²) in [4.78, 5) is 51.9. The second-order valence-electron chi connectivity index (χ2n) is 8.31. The third-order valence-corrected chi connectivity index (χ3v) is 7.45. The van der Waals surface area contributed by atoms with Crippen LogP contribution >= 0.6 is 34.4 Å². The molecule has 1 N–H and O–H groups in total. The molecule has 10 nitrogen and oxygen atoms in total. The van der Waals surface area contributed by atoms with Crippen LogP contribution < -0.4 is 9.47 Å². The van der Waals surface area contributed by atoms with Crippen LogP contribution in [0.5, 0.6) is 11.5 Å². The van der Waals surface area contributed by atoms with Crippen LogP contribution in [0.2, 0.25) is 0 Å². The first-order chi connectivity index (χ1) is 18.3. The topological polar surface area (TPSA) is 123 Å². The molecule has 2 heterocycles. The van der Waals surface area contributed by atoms with Gasteiger partial charge in [-0.05, 0) is 82.7 Å². The van der Waals surface area contributed by atoms with Crippen molar-refractivity contribution in [2.24, 2.45) is 0 Å². The van der Waals surface area contributed by atoms with E-state index in [1.807, 2.05) is 6.92 Å². The van der Waals surface area contributed by atoms with Crippen molar-refractivity contribution >= 4 is 63.5 Å². The molecule has 2 aromatic rings. The van der Waals surface area contributed by atoms with Crippen molar-refractivity contribution in [1.82, 2.24) is 9.80 Å². The first-order valence-corrected chi connectivity index (χ1v) is 13.7. The van der Waals surface area contributed by atoms with Gasteiger partial charge in [-0.3, -0.25) is 19.3 Å². The molecule has 2 saturated heterocycles. The van der Waals surface area contributed by atoms with Gasteiger partial charge in [0.05, 0.1) is 33.9 Å². The molecular formula is C26H25IN2O8S.